The summed E-state index contributed by atoms with van der Waals surface area (Å²) >= 11 is 0.687. The topological polar surface area (TPSA) is 115 Å². The van der Waals surface area contributed by atoms with Crippen molar-refractivity contribution < 1.29 is 14.5 Å². The van der Waals surface area contributed by atoms with Gasteiger partial charge < -0.3 is 11.1 Å². The highest BCUT2D eigenvalue weighted by Gasteiger charge is 2.21. The molecule has 1 aromatic heterocycles. The molecule has 0 saturated carbocycles. The van der Waals surface area contributed by atoms with Crippen LogP contribution in [0.3, 0.4) is 0 Å². The van der Waals surface area contributed by atoms with Crippen LogP contribution in [0.4, 0.5) is 10.0 Å². The van der Waals surface area contributed by atoms with E-state index in [0.717, 1.165) is 6.07 Å². The Morgan fingerprint density at radius 1 is 1.25 bits per heavy atom. The molecule has 2 aromatic rings. The van der Waals surface area contributed by atoms with Gasteiger partial charge in [0.15, 0.2) is 0 Å². The van der Waals surface area contributed by atoms with Crippen LogP contribution in [0.5, 0.6) is 0 Å². The Hall–Kier alpha value is -2.74. The lowest BCUT2D eigenvalue weighted by Gasteiger charge is -2.03. The highest BCUT2D eigenvalue weighted by molar-refractivity contribution is 7.19. The molecule has 102 valence electrons. The van der Waals surface area contributed by atoms with Gasteiger partial charge in [0.2, 0.25) is 0 Å². The van der Waals surface area contributed by atoms with Crippen molar-refractivity contribution in [3.8, 4) is 0 Å². The van der Waals surface area contributed by atoms with Crippen LogP contribution in [-0.4, -0.2) is 16.7 Å². The van der Waals surface area contributed by atoms with Crippen LogP contribution < -0.4 is 11.1 Å². The van der Waals surface area contributed by atoms with Crippen LogP contribution in [0.25, 0.3) is 0 Å². The maximum Gasteiger partial charge on any atom is 0.326 e. The Bertz CT molecular complexity index is 681. The molecule has 7 nitrogen and oxygen atoms in total. The third-order valence-electron chi connectivity index (χ3n) is 2.43. The van der Waals surface area contributed by atoms with Crippen molar-refractivity contribution in [2.24, 2.45) is 5.73 Å². The van der Waals surface area contributed by atoms with E-state index in [4.69, 9.17) is 5.73 Å². The SMILES string of the molecule is NC(=O)c1cc([N+](=O)[O-])sc1NC(=O)c1ccccc1. The fraction of sp³-hybridized carbons (Fsp3) is 0. The van der Waals surface area contributed by atoms with Gasteiger partial charge in [0, 0.05) is 11.6 Å². The summed E-state index contributed by atoms with van der Waals surface area (Å²) in [6.07, 6.45) is 0. The van der Waals surface area contributed by atoms with Crippen LogP contribution >= 0.6 is 11.3 Å². The molecule has 3 N–H and O–H groups in total. The zero-order chi connectivity index (χ0) is 14.7. The minimum absolute atomic E-state index is 0.0676. The van der Waals surface area contributed by atoms with Gasteiger partial charge >= 0.3 is 5.00 Å². The van der Waals surface area contributed by atoms with E-state index in [0.29, 0.717) is 16.9 Å². The second kappa shape index (κ2) is 5.49. The second-order valence-corrected chi connectivity index (χ2v) is 4.80. The number of carbonyl (C=O) groups is 2. The van der Waals surface area contributed by atoms with E-state index in [1.165, 1.54) is 0 Å². The zero-order valence-electron chi connectivity index (χ0n) is 10.0. The Balaban J connectivity index is 2.31. The summed E-state index contributed by atoms with van der Waals surface area (Å²) < 4.78 is 0. The summed E-state index contributed by atoms with van der Waals surface area (Å²) in [4.78, 5) is 33.2. The molecule has 2 rings (SSSR count). The van der Waals surface area contributed by atoms with Gasteiger partial charge in [0.05, 0.1) is 10.5 Å². The molecule has 0 radical (unpaired) electrons. The van der Waals surface area contributed by atoms with E-state index < -0.39 is 16.7 Å². The summed E-state index contributed by atoms with van der Waals surface area (Å²) in [5, 5.41) is 13.0. The van der Waals surface area contributed by atoms with Gasteiger partial charge in [0.1, 0.15) is 5.00 Å². The van der Waals surface area contributed by atoms with E-state index in [9.17, 15) is 19.7 Å². The standard InChI is InChI=1S/C12H9N3O4S/c13-10(16)8-6-9(15(18)19)20-12(8)14-11(17)7-4-2-1-3-5-7/h1-6H,(H2,13,16)(H,14,17). The molecule has 0 aliphatic heterocycles. The third-order valence-corrected chi connectivity index (χ3v) is 3.43. The number of nitrogens with one attached hydrogen (secondary N) is 1. The minimum atomic E-state index is -0.835. The van der Waals surface area contributed by atoms with Gasteiger partial charge in [-0.2, -0.15) is 0 Å². The lowest BCUT2D eigenvalue weighted by atomic mass is 10.2. The fourth-order valence-corrected chi connectivity index (χ4v) is 2.38. The van der Waals surface area contributed by atoms with Crippen LogP contribution in [-0.2, 0) is 0 Å². The average molecular weight is 291 g/mol. The van der Waals surface area contributed by atoms with Crippen LogP contribution in [0, 0.1) is 10.1 Å². The number of benzene rings is 1. The number of amides is 2. The molecule has 8 heteroatoms. The molecule has 0 saturated heterocycles. The Kier molecular flexibility index (Phi) is 3.76. The largest absolute Gasteiger partial charge is 0.366 e. The Morgan fingerprint density at radius 3 is 2.45 bits per heavy atom. The number of anilines is 1. The summed E-state index contributed by atoms with van der Waals surface area (Å²) in [6, 6.07) is 9.33. The molecular weight excluding hydrogens is 282 g/mol. The van der Waals surface area contributed by atoms with Crippen molar-refractivity contribution in [2.75, 3.05) is 5.32 Å². The van der Waals surface area contributed by atoms with Crippen LogP contribution in [0.15, 0.2) is 36.4 Å². The molecule has 0 fully saturated rings. The molecule has 0 aliphatic rings. The quantitative estimate of drug-likeness (QED) is 0.662. The number of rotatable bonds is 4. The first-order chi connectivity index (χ1) is 9.49. The molecule has 0 aliphatic carbocycles. The van der Waals surface area contributed by atoms with Gasteiger partial charge in [-0.15, -0.1) is 0 Å². The van der Waals surface area contributed by atoms with Crippen LogP contribution in [0.2, 0.25) is 0 Å². The lowest BCUT2D eigenvalue weighted by Crippen LogP contribution is -2.16. The van der Waals surface area contributed by atoms with Gasteiger partial charge in [-0.05, 0) is 23.5 Å². The zero-order valence-corrected chi connectivity index (χ0v) is 10.8. The maximum absolute atomic E-state index is 11.9. The third kappa shape index (κ3) is 2.81. The molecular formula is C12H9N3O4S. The molecule has 0 unspecified atom stereocenters. The van der Waals surface area contributed by atoms with E-state index >= 15 is 0 Å². The van der Waals surface area contributed by atoms with Crippen molar-refractivity contribution in [3.63, 3.8) is 0 Å². The van der Waals surface area contributed by atoms with E-state index in [2.05, 4.69) is 5.32 Å². The van der Waals surface area contributed by atoms with Gasteiger partial charge in [-0.1, -0.05) is 18.2 Å². The van der Waals surface area contributed by atoms with Crippen LogP contribution in [0.1, 0.15) is 20.7 Å². The Morgan fingerprint density at radius 2 is 1.90 bits per heavy atom. The maximum atomic E-state index is 11.9. The minimum Gasteiger partial charge on any atom is -0.366 e. The summed E-state index contributed by atoms with van der Waals surface area (Å²) in [5.41, 5.74) is 5.43. The Labute approximate surface area is 117 Å². The van der Waals surface area contributed by atoms with Crippen molar-refractivity contribution in [1.82, 2.24) is 0 Å². The number of thiophene rings is 1. The highest BCUT2D eigenvalue weighted by Crippen LogP contribution is 2.33. The first-order valence-corrected chi connectivity index (χ1v) is 6.25. The number of nitrogens with zero attached hydrogens (tertiary/aromatic N) is 1. The molecule has 0 atom stereocenters. The summed E-state index contributed by atoms with van der Waals surface area (Å²) in [7, 11) is 0. The predicted molar refractivity (Wildman–Crippen MR) is 73.9 cm³/mol. The molecule has 0 spiro atoms. The highest BCUT2D eigenvalue weighted by atomic mass is 32.1. The molecule has 20 heavy (non-hydrogen) atoms. The van der Waals surface area contributed by atoms with Gasteiger partial charge in [0.25, 0.3) is 11.8 Å². The number of hydrogen-bond acceptors (Lipinski definition) is 5. The van der Waals surface area contributed by atoms with E-state index in [1.54, 1.807) is 30.3 Å². The predicted octanol–water partition coefficient (Wildman–Crippen LogP) is 2.01. The smallest absolute Gasteiger partial charge is 0.326 e. The molecule has 0 bridgehead atoms. The van der Waals surface area contributed by atoms with Gasteiger partial charge in [-0.25, -0.2) is 0 Å². The van der Waals surface area contributed by atoms with Gasteiger partial charge in [-0.3, -0.25) is 19.7 Å². The van der Waals surface area contributed by atoms with E-state index in [-0.39, 0.29) is 15.6 Å². The van der Waals surface area contributed by atoms with Crippen molar-refractivity contribution in [1.29, 1.82) is 0 Å². The molecule has 1 aromatic carbocycles. The first-order valence-electron chi connectivity index (χ1n) is 5.43. The monoisotopic (exact) mass is 291 g/mol. The summed E-state index contributed by atoms with van der Waals surface area (Å²) in [6.45, 7) is 0. The number of primary amides is 1. The number of carbonyl (C=O) groups excluding carboxylic acids is 2. The lowest BCUT2D eigenvalue weighted by molar-refractivity contribution is -0.380. The van der Waals surface area contributed by atoms with Crippen molar-refractivity contribution in [2.45, 2.75) is 0 Å². The average Bonchev–Trinajstić information content (AvgIpc) is 2.84. The first kappa shape index (κ1) is 13.7. The number of nitro groups is 1. The van der Waals surface area contributed by atoms with Crippen molar-refractivity contribution in [3.05, 3.63) is 57.6 Å². The molecule has 2 amide bonds. The fourth-order valence-electron chi connectivity index (χ4n) is 1.51. The van der Waals surface area contributed by atoms with Crippen molar-refractivity contribution >= 4 is 33.2 Å². The number of hydrogen-bond donors (Lipinski definition) is 2. The molecule has 1 heterocycles. The second-order valence-electron chi connectivity index (χ2n) is 3.77. The normalized spacial score (nSPS) is 10.0. The number of nitrogens with two attached hydrogens (primary N) is 1. The van der Waals surface area contributed by atoms with E-state index in [1.807, 2.05) is 0 Å². The summed E-state index contributed by atoms with van der Waals surface area (Å²) in [5.74, 6) is -1.30.